The lowest BCUT2D eigenvalue weighted by Gasteiger charge is -2.33. The first-order chi connectivity index (χ1) is 10.8. The van der Waals surface area contributed by atoms with Gasteiger partial charge in [-0.1, -0.05) is 0 Å². The molecule has 2 aliphatic heterocycles. The Morgan fingerprint density at radius 2 is 2.36 bits per heavy atom. The van der Waals surface area contributed by atoms with E-state index < -0.39 is 0 Å². The van der Waals surface area contributed by atoms with Gasteiger partial charge in [-0.05, 0) is 19.3 Å². The van der Waals surface area contributed by atoms with Gasteiger partial charge in [0, 0.05) is 25.4 Å². The smallest absolute Gasteiger partial charge is 0.319 e. The molecule has 1 aromatic heterocycles. The van der Waals surface area contributed by atoms with Crippen molar-refractivity contribution in [3.05, 3.63) is 12.3 Å². The lowest BCUT2D eigenvalue weighted by atomic mass is 10.0. The van der Waals surface area contributed by atoms with Gasteiger partial charge in [0.25, 0.3) is 0 Å². The molecule has 2 aliphatic rings. The monoisotopic (exact) mass is 307 g/mol. The molecule has 0 bridgehead atoms. The summed E-state index contributed by atoms with van der Waals surface area (Å²) in [6.07, 6.45) is 4.23. The highest BCUT2D eigenvalue weighted by Gasteiger charge is 2.31. The highest BCUT2D eigenvalue weighted by atomic mass is 16.5. The summed E-state index contributed by atoms with van der Waals surface area (Å²) < 4.78 is 16.2. The minimum Gasteiger partial charge on any atom is -0.472 e. The average Bonchev–Trinajstić information content (AvgIpc) is 3.09. The minimum atomic E-state index is -0.0420. The first-order valence-corrected chi connectivity index (χ1v) is 7.66. The number of nitrogens with zero attached hydrogens (tertiary/aromatic N) is 3. The number of carbonyl (C=O) groups is 1. The molecule has 0 aromatic carbocycles. The normalized spacial score (nSPS) is 25.0. The molecular weight excluding hydrogens is 286 g/mol. The van der Waals surface area contributed by atoms with Gasteiger partial charge in [-0.15, -0.1) is 0 Å². The number of hydrogen-bond acceptors (Lipinski definition) is 6. The van der Waals surface area contributed by atoms with E-state index in [0.717, 1.165) is 25.8 Å². The summed E-state index contributed by atoms with van der Waals surface area (Å²) in [7, 11) is 1.52. The molecule has 22 heavy (non-hydrogen) atoms. The summed E-state index contributed by atoms with van der Waals surface area (Å²) >= 11 is 0. The molecule has 0 N–H and O–H groups in total. The molecule has 7 nitrogen and oxygen atoms in total. The number of carbonyl (C=O) groups excluding carboxylic acids is 1. The molecule has 2 saturated heterocycles. The summed E-state index contributed by atoms with van der Waals surface area (Å²) in [5, 5.41) is 0. The maximum Gasteiger partial charge on any atom is 0.319 e. The van der Waals surface area contributed by atoms with Crippen LogP contribution in [0.1, 0.15) is 19.3 Å². The maximum atomic E-state index is 12.4. The topological polar surface area (TPSA) is 73.8 Å². The molecular formula is C15H21N3O4. The Bertz CT molecular complexity index is 519. The summed E-state index contributed by atoms with van der Waals surface area (Å²) in [5.41, 5.74) is 0. The van der Waals surface area contributed by atoms with Crippen LogP contribution in [0.5, 0.6) is 11.9 Å². The zero-order chi connectivity index (χ0) is 15.4. The van der Waals surface area contributed by atoms with Crippen LogP contribution in [0.25, 0.3) is 0 Å². The number of likely N-dealkylation sites (tertiary alicyclic amines) is 1. The quantitative estimate of drug-likeness (QED) is 0.822. The fourth-order valence-corrected chi connectivity index (χ4v) is 2.88. The van der Waals surface area contributed by atoms with Gasteiger partial charge in [-0.2, -0.15) is 4.98 Å². The summed E-state index contributed by atoms with van der Waals surface area (Å²) in [5.74, 6) is 0.680. The minimum absolute atomic E-state index is 0.0119. The Labute approximate surface area is 129 Å². The van der Waals surface area contributed by atoms with Gasteiger partial charge >= 0.3 is 6.01 Å². The van der Waals surface area contributed by atoms with Crippen molar-refractivity contribution in [3.63, 3.8) is 0 Å². The number of methoxy groups -OCH3 is 1. The SMILES string of the molecule is COc1nccc(OC2CCCN(C(=O)C3CCOC3)C2)n1. The van der Waals surface area contributed by atoms with Gasteiger partial charge in [-0.25, -0.2) is 4.98 Å². The van der Waals surface area contributed by atoms with Gasteiger partial charge in [0.05, 0.1) is 26.2 Å². The second-order valence-electron chi connectivity index (χ2n) is 5.61. The molecule has 0 saturated carbocycles. The first-order valence-electron chi connectivity index (χ1n) is 7.66. The Morgan fingerprint density at radius 3 is 3.14 bits per heavy atom. The fourth-order valence-electron chi connectivity index (χ4n) is 2.88. The Kier molecular flexibility index (Phi) is 4.72. The van der Waals surface area contributed by atoms with Crippen LogP contribution >= 0.6 is 0 Å². The lowest BCUT2D eigenvalue weighted by molar-refractivity contribution is -0.138. The largest absolute Gasteiger partial charge is 0.472 e. The predicted molar refractivity (Wildman–Crippen MR) is 77.7 cm³/mol. The van der Waals surface area contributed by atoms with Crippen molar-refractivity contribution in [3.8, 4) is 11.9 Å². The Hall–Kier alpha value is -1.89. The van der Waals surface area contributed by atoms with E-state index in [-0.39, 0.29) is 23.9 Å². The van der Waals surface area contributed by atoms with Gasteiger partial charge in [0.1, 0.15) is 6.10 Å². The van der Waals surface area contributed by atoms with Crippen LogP contribution in [0.3, 0.4) is 0 Å². The molecule has 0 radical (unpaired) electrons. The fraction of sp³-hybridized carbons (Fsp3) is 0.667. The van der Waals surface area contributed by atoms with Crippen molar-refractivity contribution in [1.82, 2.24) is 14.9 Å². The van der Waals surface area contributed by atoms with E-state index in [4.69, 9.17) is 14.2 Å². The third-order valence-corrected chi connectivity index (χ3v) is 4.05. The van der Waals surface area contributed by atoms with Crippen molar-refractivity contribution < 1.29 is 19.0 Å². The van der Waals surface area contributed by atoms with E-state index >= 15 is 0 Å². The second-order valence-corrected chi connectivity index (χ2v) is 5.61. The van der Waals surface area contributed by atoms with Crippen LogP contribution in [0, 0.1) is 5.92 Å². The molecule has 2 unspecified atom stereocenters. The van der Waals surface area contributed by atoms with E-state index in [9.17, 15) is 4.79 Å². The van der Waals surface area contributed by atoms with Crippen molar-refractivity contribution in [2.24, 2.45) is 5.92 Å². The first kappa shape index (κ1) is 15.0. The van der Waals surface area contributed by atoms with E-state index in [0.29, 0.717) is 25.6 Å². The molecule has 1 aromatic rings. The second kappa shape index (κ2) is 6.91. The van der Waals surface area contributed by atoms with Gasteiger partial charge < -0.3 is 19.1 Å². The summed E-state index contributed by atoms with van der Waals surface area (Å²) in [4.78, 5) is 22.4. The predicted octanol–water partition coefficient (Wildman–Crippen LogP) is 0.891. The molecule has 2 fully saturated rings. The van der Waals surface area contributed by atoms with Crippen LogP contribution in [0.15, 0.2) is 12.3 Å². The van der Waals surface area contributed by atoms with Crippen molar-refractivity contribution in [2.45, 2.75) is 25.4 Å². The van der Waals surface area contributed by atoms with Crippen LogP contribution in [0.4, 0.5) is 0 Å². The molecule has 7 heteroatoms. The van der Waals surface area contributed by atoms with E-state index in [2.05, 4.69) is 9.97 Å². The number of amides is 1. The standard InChI is InChI=1S/C15H21N3O4/c1-20-15-16-6-4-13(17-15)22-12-3-2-7-18(9-12)14(19)11-5-8-21-10-11/h4,6,11-12H,2-3,5,7-10H2,1H3. The zero-order valence-corrected chi connectivity index (χ0v) is 12.7. The number of hydrogen-bond donors (Lipinski definition) is 0. The highest BCUT2D eigenvalue weighted by Crippen LogP contribution is 2.21. The number of aromatic nitrogens is 2. The molecule has 2 atom stereocenters. The average molecular weight is 307 g/mol. The molecule has 3 rings (SSSR count). The molecule has 3 heterocycles. The molecule has 0 spiro atoms. The molecule has 0 aliphatic carbocycles. The maximum absolute atomic E-state index is 12.4. The number of piperidine rings is 1. The van der Waals surface area contributed by atoms with E-state index in [1.165, 1.54) is 7.11 Å². The third-order valence-electron chi connectivity index (χ3n) is 4.05. The molecule has 120 valence electrons. The Morgan fingerprint density at radius 1 is 1.45 bits per heavy atom. The highest BCUT2D eigenvalue weighted by molar-refractivity contribution is 5.79. The van der Waals surface area contributed by atoms with Crippen molar-refractivity contribution >= 4 is 5.91 Å². The molecule has 1 amide bonds. The summed E-state index contributed by atoms with van der Waals surface area (Å²) in [6, 6.07) is 1.98. The number of rotatable bonds is 4. The van der Waals surface area contributed by atoms with Gasteiger partial charge in [0.15, 0.2) is 0 Å². The lowest BCUT2D eigenvalue weighted by Crippen LogP contribution is -2.46. The Balaban J connectivity index is 1.59. The van der Waals surface area contributed by atoms with Crippen LogP contribution in [0.2, 0.25) is 0 Å². The van der Waals surface area contributed by atoms with E-state index in [1.807, 2.05) is 4.90 Å². The van der Waals surface area contributed by atoms with Gasteiger partial charge in [-0.3, -0.25) is 4.79 Å². The van der Waals surface area contributed by atoms with Crippen molar-refractivity contribution in [1.29, 1.82) is 0 Å². The van der Waals surface area contributed by atoms with Crippen LogP contribution in [-0.4, -0.2) is 60.3 Å². The number of ether oxygens (including phenoxy) is 3. The van der Waals surface area contributed by atoms with Gasteiger partial charge in [0.2, 0.25) is 11.8 Å². The van der Waals surface area contributed by atoms with E-state index in [1.54, 1.807) is 12.3 Å². The summed E-state index contributed by atoms with van der Waals surface area (Å²) in [6.45, 7) is 2.62. The van der Waals surface area contributed by atoms with Crippen LogP contribution in [-0.2, 0) is 9.53 Å². The van der Waals surface area contributed by atoms with Crippen molar-refractivity contribution in [2.75, 3.05) is 33.4 Å². The third kappa shape index (κ3) is 3.47. The zero-order valence-electron chi connectivity index (χ0n) is 12.7. The van der Waals surface area contributed by atoms with Crippen LogP contribution < -0.4 is 9.47 Å².